The fourth-order valence-corrected chi connectivity index (χ4v) is 3.88. The second-order valence-corrected chi connectivity index (χ2v) is 9.03. The highest BCUT2D eigenvalue weighted by Crippen LogP contribution is 2.25. The van der Waals surface area contributed by atoms with Gasteiger partial charge in [0.25, 0.3) is 5.91 Å². The van der Waals surface area contributed by atoms with E-state index in [0.29, 0.717) is 42.1 Å². The van der Waals surface area contributed by atoms with Crippen LogP contribution in [0.25, 0.3) is 0 Å². The molecule has 0 heterocycles. The number of hydrogen-bond acceptors (Lipinski definition) is 3. The molecule has 2 N–H and O–H groups in total. The lowest BCUT2D eigenvalue weighted by Gasteiger charge is -2.13. The predicted molar refractivity (Wildman–Crippen MR) is 142 cm³/mol. The number of anilines is 2. The molecular formula is C28H31BrN2O3. The summed E-state index contributed by atoms with van der Waals surface area (Å²) in [5.74, 6) is 0.220. The summed E-state index contributed by atoms with van der Waals surface area (Å²) in [7, 11) is 0. The topological polar surface area (TPSA) is 67.4 Å². The van der Waals surface area contributed by atoms with E-state index in [1.165, 1.54) is 12.8 Å². The number of nitrogens with one attached hydrogen (secondary N) is 2. The molecule has 0 saturated carbocycles. The number of ether oxygens (including phenoxy) is 1. The highest BCUT2D eigenvalue weighted by atomic mass is 79.9. The van der Waals surface area contributed by atoms with Gasteiger partial charge in [0.2, 0.25) is 5.91 Å². The summed E-state index contributed by atoms with van der Waals surface area (Å²) in [5, 5.41) is 5.83. The molecule has 3 aromatic rings. The van der Waals surface area contributed by atoms with E-state index in [9.17, 15) is 9.59 Å². The van der Waals surface area contributed by atoms with Gasteiger partial charge in [0.1, 0.15) is 5.75 Å². The minimum atomic E-state index is -0.266. The Morgan fingerprint density at radius 3 is 2.38 bits per heavy atom. The molecule has 0 spiro atoms. The molecule has 0 aliphatic rings. The Balaban J connectivity index is 1.59. The van der Waals surface area contributed by atoms with Gasteiger partial charge >= 0.3 is 0 Å². The lowest BCUT2D eigenvalue weighted by atomic mass is 10.1. The van der Waals surface area contributed by atoms with Crippen molar-refractivity contribution in [2.45, 2.75) is 45.4 Å². The zero-order valence-electron chi connectivity index (χ0n) is 19.5. The van der Waals surface area contributed by atoms with Crippen LogP contribution in [0.1, 0.15) is 54.9 Å². The summed E-state index contributed by atoms with van der Waals surface area (Å²) in [6.07, 6.45) is 5.47. The van der Waals surface area contributed by atoms with Crippen LogP contribution >= 0.6 is 15.9 Å². The number of unbranched alkanes of at least 4 members (excludes halogenated alkanes) is 3. The standard InChI is InChI=1S/C28H31BrN2O3/c1-2-3-4-8-18-34-26-16-15-22(29)19-25(26)28(33)31-24-13-9-12-23(20-24)30-27(32)17-14-21-10-6-5-7-11-21/h5-7,9-13,15-16,19-20H,2-4,8,14,17-18H2,1H3,(H,30,32)(H,31,33). The van der Waals surface area contributed by atoms with Crippen molar-refractivity contribution in [2.75, 3.05) is 17.2 Å². The van der Waals surface area contributed by atoms with E-state index in [4.69, 9.17) is 4.74 Å². The third-order valence-electron chi connectivity index (χ3n) is 5.33. The van der Waals surface area contributed by atoms with E-state index in [2.05, 4.69) is 33.5 Å². The second-order valence-electron chi connectivity index (χ2n) is 8.12. The van der Waals surface area contributed by atoms with Crippen LogP contribution in [0.3, 0.4) is 0 Å². The average Bonchev–Trinajstić information content (AvgIpc) is 2.84. The molecule has 178 valence electrons. The number of carbonyl (C=O) groups excluding carboxylic acids is 2. The first-order valence-corrected chi connectivity index (χ1v) is 12.5. The summed E-state index contributed by atoms with van der Waals surface area (Å²) in [6.45, 7) is 2.75. The zero-order chi connectivity index (χ0) is 24.2. The van der Waals surface area contributed by atoms with Crippen LogP contribution in [-0.2, 0) is 11.2 Å². The zero-order valence-corrected chi connectivity index (χ0v) is 21.1. The Morgan fingerprint density at radius 1 is 0.853 bits per heavy atom. The van der Waals surface area contributed by atoms with E-state index in [1.54, 1.807) is 30.3 Å². The van der Waals surface area contributed by atoms with Gasteiger partial charge in [-0.2, -0.15) is 0 Å². The van der Waals surface area contributed by atoms with E-state index in [-0.39, 0.29) is 11.8 Å². The van der Waals surface area contributed by atoms with E-state index in [0.717, 1.165) is 22.9 Å². The SMILES string of the molecule is CCCCCCOc1ccc(Br)cc1C(=O)Nc1cccc(NC(=O)CCc2ccccc2)c1. The first-order chi connectivity index (χ1) is 16.5. The summed E-state index contributed by atoms with van der Waals surface area (Å²) >= 11 is 3.44. The molecular weight excluding hydrogens is 492 g/mol. The maximum atomic E-state index is 13.0. The number of carbonyl (C=O) groups is 2. The van der Waals surface area contributed by atoms with Crippen molar-refractivity contribution in [1.82, 2.24) is 0 Å². The van der Waals surface area contributed by atoms with Gasteiger partial charge in [-0.1, -0.05) is 78.5 Å². The number of amides is 2. The fraction of sp³-hybridized carbons (Fsp3) is 0.286. The molecule has 3 rings (SSSR count). The quantitative estimate of drug-likeness (QED) is 0.246. The average molecular weight is 523 g/mol. The normalized spacial score (nSPS) is 10.5. The van der Waals surface area contributed by atoms with Crippen molar-refractivity contribution in [2.24, 2.45) is 0 Å². The van der Waals surface area contributed by atoms with Crippen LogP contribution in [0.2, 0.25) is 0 Å². The molecule has 0 atom stereocenters. The molecule has 0 radical (unpaired) electrons. The molecule has 0 bridgehead atoms. The van der Waals surface area contributed by atoms with Gasteiger partial charge in [-0.3, -0.25) is 9.59 Å². The predicted octanol–water partition coefficient (Wildman–Crippen LogP) is 7.23. The Kier molecular flexibility index (Phi) is 10.2. The number of aryl methyl sites for hydroxylation is 1. The monoisotopic (exact) mass is 522 g/mol. The Bertz CT molecular complexity index is 1090. The second kappa shape index (κ2) is 13.6. The number of benzene rings is 3. The minimum Gasteiger partial charge on any atom is -0.493 e. The highest BCUT2D eigenvalue weighted by molar-refractivity contribution is 9.10. The molecule has 3 aromatic carbocycles. The third kappa shape index (κ3) is 8.34. The summed E-state index contributed by atoms with van der Waals surface area (Å²) in [4.78, 5) is 25.4. The van der Waals surface area contributed by atoms with Gasteiger partial charge in [0, 0.05) is 22.3 Å². The van der Waals surface area contributed by atoms with Crippen molar-refractivity contribution < 1.29 is 14.3 Å². The van der Waals surface area contributed by atoms with Gasteiger partial charge in [-0.05, 0) is 54.8 Å². The third-order valence-corrected chi connectivity index (χ3v) is 5.82. The smallest absolute Gasteiger partial charge is 0.259 e. The summed E-state index contributed by atoms with van der Waals surface area (Å²) in [5.41, 5.74) is 2.82. The van der Waals surface area contributed by atoms with Gasteiger partial charge < -0.3 is 15.4 Å². The van der Waals surface area contributed by atoms with Crippen molar-refractivity contribution in [1.29, 1.82) is 0 Å². The first-order valence-electron chi connectivity index (χ1n) is 11.7. The number of hydrogen-bond donors (Lipinski definition) is 2. The number of halogens is 1. The largest absolute Gasteiger partial charge is 0.493 e. The summed E-state index contributed by atoms with van der Waals surface area (Å²) in [6, 6.07) is 22.5. The van der Waals surface area contributed by atoms with Crippen LogP contribution in [0, 0.1) is 0 Å². The molecule has 34 heavy (non-hydrogen) atoms. The molecule has 0 aliphatic heterocycles. The van der Waals surface area contributed by atoms with Crippen molar-refractivity contribution >= 4 is 39.1 Å². The molecule has 6 heteroatoms. The molecule has 0 saturated heterocycles. The Hall–Kier alpha value is -3.12. The molecule has 0 unspecified atom stereocenters. The lowest BCUT2D eigenvalue weighted by Crippen LogP contribution is -2.15. The van der Waals surface area contributed by atoms with Gasteiger partial charge in [0.15, 0.2) is 0 Å². The van der Waals surface area contributed by atoms with E-state index in [1.807, 2.05) is 42.5 Å². The fourth-order valence-electron chi connectivity index (χ4n) is 3.52. The first kappa shape index (κ1) is 25.5. The minimum absolute atomic E-state index is 0.0712. The van der Waals surface area contributed by atoms with Crippen LogP contribution < -0.4 is 15.4 Å². The van der Waals surface area contributed by atoms with Crippen LogP contribution in [-0.4, -0.2) is 18.4 Å². The van der Waals surface area contributed by atoms with Crippen LogP contribution in [0.5, 0.6) is 5.75 Å². The van der Waals surface area contributed by atoms with Crippen LogP contribution in [0.15, 0.2) is 77.3 Å². The molecule has 5 nitrogen and oxygen atoms in total. The molecule has 0 fully saturated rings. The van der Waals surface area contributed by atoms with Crippen molar-refractivity contribution in [3.8, 4) is 5.75 Å². The molecule has 2 amide bonds. The van der Waals surface area contributed by atoms with Crippen molar-refractivity contribution in [3.05, 3.63) is 88.4 Å². The molecule has 0 aromatic heterocycles. The Labute approximate surface area is 210 Å². The Morgan fingerprint density at radius 2 is 1.62 bits per heavy atom. The summed E-state index contributed by atoms with van der Waals surface area (Å²) < 4.78 is 6.70. The van der Waals surface area contributed by atoms with E-state index < -0.39 is 0 Å². The van der Waals surface area contributed by atoms with Crippen LogP contribution in [0.4, 0.5) is 11.4 Å². The van der Waals surface area contributed by atoms with Gasteiger partial charge in [-0.15, -0.1) is 0 Å². The van der Waals surface area contributed by atoms with E-state index >= 15 is 0 Å². The van der Waals surface area contributed by atoms with Gasteiger partial charge in [0.05, 0.1) is 12.2 Å². The van der Waals surface area contributed by atoms with Gasteiger partial charge in [-0.25, -0.2) is 0 Å². The molecule has 0 aliphatic carbocycles. The maximum absolute atomic E-state index is 13.0. The maximum Gasteiger partial charge on any atom is 0.259 e. The number of rotatable bonds is 12. The highest BCUT2D eigenvalue weighted by Gasteiger charge is 2.14. The van der Waals surface area contributed by atoms with Crippen molar-refractivity contribution in [3.63, 3.8) is 0 Å². The lowest BCUT2D eigenvalue weighted by molar-refractivity contribution is -0.116.